The number of nitrogens with two attached hydrogens (primary N) is 1. The number of sulfonamides is 1. The molecule has 2 atom stereocenters. The minimum Gasteiger partial charge on any atom is -0.384 e. The van der Waals surface area contributed by atoms with Crippen molar-refractivity contribution < 1.29 is 13.2 Å². The van der Waals surface area contributed by atoms with Crippen LogP contribution >= 0.6 is 0 Å². The molecule has 0 amide bonds. The minimum absolute atomic E-state index is 0.0947. The average molecular weight is 271 g/mol. The van der Waals surface area contributed by atoms with E-state index in [0.29, 0.717) is 19.0 Å². The summed E-state index contributed by atoms with van der Waals surface area (Å²) in [6, 6.07) is 2.91. The highest BCUT2D eigenvalue weighted by Gasteiger charge is 2.26. The Morgan fingerprint density at radius 3 is 2.89 bits per heavy atom. The zero-order valence-electron chi connectivity index (χ0n) is 10.2. The highest BCUT2D eigenvalue weighted by atomic mass is 32.2. The lowest BCUT2D eigenvalue weighted by Gasteiger charge is -2.14. The maximum Gasteiger partial charge on any atom is 0.242 e. The van der Waals surface area contributed by atoms with Crippen molar-refractivity contribution in [1.82, 2.24) is 9.71 Å². The summed E-state index contributed by atoms with van der Waals surface area (Å²) >= 11 is 0. The van der Waals surface area contributed by atoms with Gasteiger partial charge in [0.05, 0.1) is 6.10 Å². The Morgan fingerprint density at radius 1 is 1.56 bits per heavy atom. The summed E-state index contributed by atoms with van der Waals surface area (Å²) in [6.07, 6.45) is 2.23. The lowest BCUT2D eigenvalue weighted by molar-refractivity contribution is 0.107. The molecule has 1 saturated heterocycles. The van der Waals surface area contributed by atoms with Gasteiger partial charge < -0.3 is 10.5 Å². The third-order valence-corrected chi connectivity index (χ3v) is 4.55. The predicted molar refractivity (Wildman–Crippen MR) is 67.4 cm³/mol. The zero-order chi connectivity index (χ0) is 13.2. The number of nitrogens with zero attached hydrogens (tertiary/aromatic N) is 1. The Balaban J connectivity index is 2.01. The van der Waals surface area contributed by atoms with E-state index in [1.54, 1.807) is 0 Å². The molecule has 0 spiro atoms. The van der Waals surface area contributed by atoms with E-state index in [9.17, 15) is 8.42 Å². The molecule has 0 bridgehead atoms. The van der Waals surface area contributed by atoms with Crippen molar-refractivity contribution in [1.29, 1.82) is 0 Å². The van der Waals surface area contributed by atoms with Crippen LogP contribution in [-0.4, -0.2) is 32.7 Å². The summed E-state index contributed by atoms with van der Waals surface area (Å²) in [5.74, 6) is 0.522. The van der Waals surface area contributed by atoms with Crippen molar-refractivity contribution in [3.8, 4) is 0 Å². The van der Waals surface area contributed by atoms with Crippen LogP contribution in [0.1, 0.15) is 13.3 Å². The van der Waals surface area contributed by atoms with E-state index < -0.39 is 10.0 Å². The number of anilines is 1. The van der Waals surface area contributed by atoms with Crippen LogP contribution in [0.3, 0.4) is 0 Å². The van der Waals surface area contributed by atoms with Gasteiger partial charge in [0.15, 0.2) is 0 Å². The van der Waals surface area contributed by atoms with E-state index in [0.717, 1.165) is 6.42 Å². The van der Waals surface area contributed by atoms with Crippen molar-refractivity contribution >= 4 is 15.8 Å². The van der Waals surface area contributed by atoms with E-state index in [4.69, 9.17) is 10.5 Å². The molecule has 2 heterocycles. The van der Waals surface area contributed by atoms with Gasteiger partial charge in [-0.1, -0.05) is 0 Å². The molecule has 7 heteroatoms. The van der Waals surface area contributed by atoms with Crippen LogP contribution in [0, 0.1) is 5.92 Å². The number of nitrogen functional groups attached to an aromatic ring is 1. The second-order valence-corrected chi connectivity index (χ2v) is 6.16. The molecule has 0 radical (unpaired) electrons. The summed E-state index contributed by atoms with van der Waals surface area (Å²) in [5, 5.41) is 0. The quantitative estimate of drug-likeness (QED) is 0.825. The van der Waals surface area contributed by atoms with Crippen molar-refractivity contribution in [2.24, 2.45) is 5.92 Å². The van der Waals surface area contributed by atoms with Gasteiger partial charge in [-0.2, -0.15) is 0 Å². The SMILES string of the molecule is CC1OCCC1CNS(=O)(=O)c1ccc(N)nc1. The van der Waals surface area contributed by atoms with Gasteiger partial charge in [0.2, 0.25) is 10.0 Å². The van der Waals surface area contributed by atoms with Crippen LogP contribution in [0.4, 0.5) is 5.82 Å². The largest absolute Gasteiger partial charge is 0.384 e. The Labute approximate surface area is 107 Å². The number of aromatic nitrogens is 1. The molecule has 1 aromatic rings. The summed E-state index contributed by atoms with van der Waals surface area (Å²) in [6.45, 7) is 3.03. The molecule has 1 aromatic heterocycles. The predicted octanol–water partition coefficient (Wildman–Crippen LogP) is 0.367. The number of ether oxygens (including phenoxy) is 1. The first kappa shape index (κ1) is 13.3. The summed E-state index contributed by atoms with van der Waals surface area (Å²) in [5.41, 5.74) is 5.42. The first-order valence-corrected chi connectivity index (χ1v) is 7.30. The highest BCUT2D eigenvalue weighted by Crippen LogP contribution is 2.20. The second kappa shape index (κ2) is 5.21. The molecule has 100 valence electrons. The first-order valence-electron chi connectivity index (χ1n) is 5.82. The van der Waals surface area contributed by atoms with Crippen LogP contribution in [-0.2, 0) is 14.8 Å². The summed E-state index contributed by atoms with van der Waals surface area (Å²) in [4.78, 5) is 3.90. The third kappa shape index (κ3) is 2.98. The Bertz CT molecular complexity index is 501. The fourth-order valence-corrected chi connectivity index (χ4v) is 2.93. The summed E-state index contributed by atoms with van der Waals surface area (Å²) < 4.78 is 31.9. The number of nitrogens with one attached hydrogen (secondary N) is 1. The normalized spacial score (nSPS) is 24.3. The maximum atomic E-state index is 12.0. The van der Waals surface area contributed by atoms with Crippen molar-refractivity contribution in [2.45, 2.75) is 24.3 Å². The number of hydrogen-bond donors (Lipinski definition) is 2. The van der Waals surface area contributed by atoms with Gasteiger partial charge in [-0.3, -0.25) is 0 Å². The molecule has 0 aliphatic carbocycles. The molecule has 2 unspecified atom stereocenters. The zero-order valence-corrected chi connectivity index (χ0v) is 11.0. The molecule has 2 rings (SSSR count). The molecular formula is C11H17N3O3S. The molecule has 1 aliphatic heterocycles. The van der Waals surface area contributed by atoms with E-state index in [2.05, 4.69) is 9.71 Å². The van der Waals surface area contributed by atoms with Crippen LogP contribution < -0.4 is 10.5 Å². The molecular weight excluding hydrogens is 254 g/mol. The molecule has 18 heavy (non-hydrogen) atoms. The molecule has 6 nitrogen and oxygen atoms in total. The second-order valence-electron chi connectivity index (χ2n) is 4.40. The standard InChI is InChI=1S/C11H17N3O3S/c1-8-9(4-5-17-8)6-14-18(15,16)10-2-3-11(12)13-7-10/h2-3,7-9,14H,4-6H2,1H3,(H2,12,13). The fourth-order valence-electron chi connectivity index (χ4n) is 1.89. The smallest absolute Gasteiger partial charge is 0.242 e. The van der Waals surface area contributed by atoms with Crippen molar-refractivity contribution in [2.75, 3.05) is 18.9 Å². The van der Waals surface area contributed by atoms with Gasteiger partial charge in [-0.25, -0.2) is 18.1 Å². The van der Waals surface area contributed by atoms with Gasteiger partial charge in [0, 0.05) is 25.3 Å². The van der Waals surface area contributed by atoms with Gasteiger partial charge >= 0.3 is 0 Å². The van der Waals surface area contributed by atoms with E-state index in [1.807, 2.05) is 6.92 Å². The van der Waals surface area contributed by atoms with Crippen molar-refractivity contribution in [3.63, 3.8) is 0 Å². The molecule has 3 N–H and O–H groups in total. The number of hydrogen-bond acceptors (Lipinski definition) is 5. The minimum atomic E-state index is -3.51. The molecule has 1 aliphatic rings. The highest BCUT2D eigenvalue weighted by molar-refractivity contribution is 7.89. The number of rotatable bonds is 4. The van der Waals surface area contributed by atoms with Crippen LogP contribution in [0.5, 0.6) is 0 Å². The lowest BCUT2D eigenvalue weighted by Crippen LogP contribution is -2.32. The van der Waals surface area contributed by atoms with Crippen LogP contribution in [0.2, 0.25) is 0 Å². The Kier molecular flexibility index (Phi) is 3.84. The van der Waals surface area contributed by atoms with Gasteiger partial charge in [0.1, 0.15) is 10.7 Å². The van der Waals surface area contributed by atoms with Gasteiger partial charge in [0.25, 0.3) is 0 Å². The average Bonchev–Trinajstić information content (AvgIpc) is 2.73. The van der Waals surface area contributed by atoms with Crippen LogP contribution in [0.25, 0.3) is 0 Å². The van der Waals surface area contributed by atoms with Crippen molar-refractivity contribution in [3.05, 3.63) is 18.3 Å². The summed E-state index contributed by atoms with van der Waals surface area (Å²) in [7, 11) is -3.51. The van der Waals surface area contributed by atoms with Gasteiger partial charge in [-0.05, 0) is 25.5 Å². The van der Waals surface area contributed by atoms with Crippen LogP contribution in [0.15, 0.2) is 23.2 Å². The van der Waals surface area contributed by atoms with Gasteiger partial charge in [-0.15, -0.1) is 0 Å². The van der Waals surface area contributed by atoms with E-state index in [-0.39, 0.29) is 16.9 Å². The molecule has 0 aromatic carbocycles. The van der Waals surface area contributed by atoms with E-state index in [1.165, 1.54) is 18.3 Å². The monoisotopic (exact) mass is 271 g/mol. The van der Waals surface area contributed by atoms with E-state index >= 15 is 0 Å². The topological polar surface area (TPSA) is 94.3 Å². The Hall–Kier alpha value is -1.18. The Morgan fingerprint density at radius 2 is 2.33 bits per heavy atom. The molecule has 0 saturated carbocycles. The first-order chi connectivity index (χ1) is 8.49. The third-order valence-electron chi connectivity index (χ3n) is 3.14. The molecule has 1 fully saturated rings. The lowest BCUT2D eigenvalue weighted by atomic mass is 10.0. The number of pyridine rings is 1. The maximum absolute atomic E-state index is 12.0. The fraction of sp³-hybridized carbons (Fsp3) is 0.545.